The number of aryl methyl sites for hydroxylation is 1. The predicted octanol–water partition coefficient (Wildman–Crippen LogP) is 6.26. The molecule has 3 aromatic rings. The van der Waals surface area contributed by atoms with Crippen LogP contribution < -0.4 is 19.7 Å². The number of methoxy groups -OCH3 is 1. The fraction of sp³-hybridized carbons (Fsp3) is 0.300. The maximum Gasteiger partial charge on any atom is 0.223 e. The number of ether oxygens (including phenoxy) is 2. The van der Waals surface area contributed by atoms with Crippen LogP contribution in [-0.4, -0.2) is 25.2 Å². The molecule has 0 bridgehead atoms. The highest BCUT2D eigenvalue weighted by Crippen LogP contribution is 2.52. The summed E-state index contributed by atoms with van der Waals surface area (Å²) >= 11 is 6.27. The highest BCUT2D eigenvalue weighted by atomic mass is 35.5. The number of halogens is 1. The topological polar surface area (TPSA) is 50.8 Å². The van der Waals surface area contributed by atoms with Crippen molar-refractivity contribution in [3.05, 3.63) is 94.0 Å². The number of rotatable bonds is 6. The van der Waals surface area contributed by atoms with Gasteiger partial charge < -0.3 is 19.7 Å². The van der Waals surface area contributed by atoms with Crippen molar-refractivity contribution in [2.45, 2.75) is 44.9 Å². The Kier molecular flexibility index (Phi) is 6.21. The molecule has 1 N–H and O–H groups in total. The molecule has 6 heteroatoms. The molecule has 2 aliphatic rings. The number of anilines is 1. The van der Waals surface area contributed by atoms with Crippen molar-refractivity contribution < 1.29 is 14.3 Å². The van der Waals surface area contributed by atoms with Gasteiger partial charge in [0.1, 0.15) is 12.3 Å². The van der Waals surface area contributed by atoms with Gasteiger partial charge in [0.05, 0.1) is 7.11 Å². The van der Waals surface area contributed by atoms with Gasteiger partial charge in [0, 0.05) is 34.7 Å². The molecular formula is C30H31ClN2O3. The van der Waals surface area contributed by atoms with Gasteiger partial charge in [0.2, 0.25) is 5.91 Å². The van der Waals surface area contributed by atoms with Crippen molar-refractivity contribution in [1.82, 2.24) is 5.32 Å². The van der Waals surface area contributed by atoms with Crippen LogP contribution in [0.4, 0.5) is 5.69 Å². The van der Waals surface area contributed by atoms with Gasteiger partial charge in [-0.2, -0.15) is 0 Å². The number of carbonyl (C=O) groups is 1. The molecule has 0 aromatic heterocycles. The normalized spacial score (nSPS) is 20.1. The van der Waals surface area contributed by atoms with E-state index in [0.717, 1.165) is 11.1 Å². The van der Waals surface area contributed by atoms with Gasteiger partial charge in [-0.05, 0) is 48.4 Å². The monoisotopic (exact) mass is 502 g/mol. The minimum atomic E-state index is -0.662. The van der Waals surface area contributed by atoms with Gasteiger partial charge in [-0.3, -0.25) is 4.79 Å². The Morgan fingerprint density at radius 1 is 1.08 bits per heavy atom. The quantitative estimate of drug-likeness (QED) is 0.432. The molecule has 2 heterocycles. The van der Waals surface area contributed by atoms with Crippen LogP contribution in [0, 0.1) is 6.92 Å². The van der Waals surface area contributed by atoms with Gasteiger partial charge in [-0.25, -0.2) is 0 Å². The highest BCUT2D eigenvalue weighted by molar-refractivity contribution is 6.31. The Balaban J connectivity index is 1.45. The van der Waals surface area contributed by atoms with Gasteiger partial charge in [0.15, 0.2) is 11.5 Å². The lowest BCUT2D eigenvalue weighted by molar-refractivity contribution is -0.124. The molecule has 0 radical (unpaired) electrons. The molecule has 0 unspecified atom stereocenters. The lowest BCUT2D eigenvalue weighted by Crippen LogP contribution is -2.68. The summed E-state index contributed by atoms with van der Waals surface area (Å²) in [4.78, 5) is 15.0. The first-order valence-electron chi connectivity index (χ1n) is 12.2. The molecule has 186 valence electrons. The average Bonchev–Trinajstić information content (AvgIpc) is 3.05. The number of hydrogen-bond acceptors (Lipinski definition) is 4. The summed E-state index contributed by atoms with van der Waals surface area (Å²) in [6.45, 7) is 7.53. The van der Waals surface area contributed by atoms with E-state index in [9.17, 15) is 4.79 Å². The number of fused-ring (bicyclic) bond motifs is 3. The number of hydrogen-bond donors (Lipinski definition) is 1. The first kappa shape index (κ1) is 24.3. The van der Waals surface area contributed by atoms with E-state index < -0.39 is 5.66 Å². The second-order valence-electron chi connectivity index (χ2n) is 9.99. The highest BCUT2D eigenvalue weighted by Gasteiger charge is 2.57. The van der Waals surface area contributed by atoms with Crippen molar-refractivity contribution in [1.29, 1.82) is 0 Å². The number of carbonyl (C=O) groups excluding carboxylic acids is 1. The summed E-state index contributed by atoms with van der Waals surface area (Å²) in [6, 6.07) is 20.0. The number of nitrogens with one attached hydrogen (secondary N) is 1. The van der Waals surface area contributed by atoms with Crippen molar-refractivity contribution in [3.63, 3.8) is 0 Å². The molecule has 2 aliphatic heterocycles. The molecule has 3 aromatic carbocycles. The summed E-state index contributed by atoms with van der Waals surface area (Å²) in [5.74, 6) is 1.34. The Hall–Kier alpha value is -3.44. The summed E-state index contributed by atoms with van der Waals surface area (Å²) in [7, 11) is 1.63. The summed E-state index contributed by atoms with van der Waals surface area (Å²) in [6.07, 6.45) is 4.65. The Labute approximate surface area is 217 Å². The molecule has 5 nitrogen and oxygen atoms in total. The van der Waals surface area contributed by atoms with Gasteiger partial charge in [0.25, 0.3) is 0 Å². The van der Waals surface area contributed by atoms with Gasteiger partial charge in [-0.1, -0.05) is 73.5 Å². The van der Waals surface area contributed by atoms with Crippen LogP contribution in [-0.2, 0) is 16.8 Å². The van der Waals surface area contributed by atoms with E-state index in [4.69, 9.17) is 21.1 Å². The minimum absolute atomic E-state index is 0.0643. The van der Waals surface area contributed by atoms with Crippen molar-refractivity contribution >= 4 is 29.3 Å². The Morgan fingerprint density at radius 2 is 1.89 bits per heavy atom. The summed E-state index contributed by atoms with van der Waals surface area (Å²) in [5, 5.41) is 4.01. The fourth-order valence-electron chi connectivity index (χ4n) is 5.36. The zero-order valence-corrected chi connectivity index (χ0v) is 21.9. The molecule has 5 rings (SSSR count). The minimum Gasteiger partial charge on any atom is -0.493 e. The third-order valence-electron chi connectivity index (χ3n) is 7.43. The second kappa shape index (κ2) is 9.21. The zero-order chi connectivity index (χ0) is 25.5. The van der Waals surface area contributed by atoms with Crippen LogP contribution in [0.2, 0.25) is 5.02 Å². The maximum absolute atomic E-state index is 12.7. The Bertz CT molecular complexity index is 1350. The summed E-state index contributed by atoms with van der Waals surface area (Å²) < 4.78 is 11.6. The molecule has 0 aliphatic carbocycles. The van der Waals surface area contributed by atoms with Gasteiger partial charge in [-0.15, -0.1) is 0 Å². The Morgan fingerprint density at radius 3 is 2.67 bits per heavy atom. The lowest BCUT2D eigenvalue weighted by atomic mass is 9.74. The maximum atomic E-state index is 12.7. The average molecular weight is 503 g/mol. The molecule has 36 heavy (non-hydrogen) atoms. The van der Waals surface area contributed by atoms with Crippen LogP contribution in [0.15, 0.2) is 66.7 Å². The number of nitrogens with zero attached hydrogens (tertiary/aromatic N) is 1. The van der Waals surface area contributed by atoms with E-state index in [1.807, 2.05) is 42.5 Å². The van der Waals surface area contributed by atoms with Gasteiger partial charge >= 0.3 is 0 Å². The molecular weight excluding hydrogens is 472 g/mol. The zero-order valence-electron chi connectivity index (χ0n) is 21.1. The van der Waals surface area contributed by atoms with E-state index in [0.29, 0.717) is 36.1 Å². The fourth-order valence-corrected chi connectivity index (χ4v) is 5.55. The third kappa shape index (κ3) is 4.01. The van der Waals surface area contributed by atoms with Crippen LogP contribution in [0.5, 0.6) is 11.5 Å². The van der Waals surface area contributed by atoms with Crippen molar-refractivity contribution in [2.75, 3.05) is 18.6 Å². The SMILES string of the molecule is COc1cc(/C=C/[C@@]23NC(=O)CCN2c2ccc(C)cc2C3(C)C)ccc1OCc1ccccc1Cl. The van der Waals surface area contributed by atoms with Crippen molar-refractivity contribution in [2.24, 2.45) is 0 Å². The standard InChI is InChI=1S/C30H31ClN2O3/c1-20-9-11-25-23(17-20)29(2,3)30(32-28(34)14-16-33(25)30)15-13-21-10-12-26(27(18-21)35-4)36-19-22-7-5-6-8-24(22)31/h5-13,15,17-18H,14,16,19H2,1-4H3,(H,32,34)/b15-13+/t30-/m1/s1. The predicted molar refractivity (Wildman–Crippen MR) is 145 cm³/mol. The smallest absolute Gasteiger partial charge is 0.223 e. The molecule has 1 amide bonds. The molecule has 1 atom stereocenters. The van der Waals surface area contributed by atoms with Crippen LogP contribution in [0.25, 0.3) is 6.08 Å². The van der Waals surface area contributed by atoms with E-state index >= 15 is 0 Å². The van der Waals surface area contributed by atoms with Crippen LogP contribution in [0.1, 0.15) is 42.5 Å². The number of amides is 1. The van der Waals surface area contributed by atoms with Crippen LogP contribution >= 0.6 is 11.6 Å². The van der Waals surface area contributed by atoms with Crippen LogP contribution in [0.3, 0.4) is 0 Å². The molecule has 0 spiro atoms. The van der Waals surface area contributed by atoms with E-state index in [-0.39, 0.29) is 11.3 Å². The molecule has 0 saturated carbocycles. The molecule has 1 saturated heterocycles. The lowest BCUT2D eigenvalue weighted by Gasteiger charge is -2.49. The van der Waals surface area contributed by atoms with E-state index in [2.05, 4.69) is 61.3 Å². The van der Waals surface area contributed by atoms with Crippen molar-refractivity contribution in [3.8, 4) is 11.5 Å². The number of benzene rings is 3. The summed E-state index contributed by atoms with van der Waals surface area (Å²) in [5.41, 5.74) is 4.51. The van der Waals surface area contributed by atoms with E-state index in [1.165, 1.54) is 16.8 Å². The third-order valence-corrected chi connectivity index (χ3v) is 7.80. The molecule has 1 fully saturated rings. The van der Waals surface area contributed by atoms with E-state index in [1.54, 1.807) is 7.11 Å². The first-order valence-corrected chi connectivity index (χ1v) is 12.6. The largest absolute Gasteiger partial charge is 0.493 e. The first-order chi connectivity index (χ1) is 17.2. The second-order valence-corrected chi connectivity index (χ2v) is 10.4.